The van der Waals surface area contributed by atoms with Crippen LogP contribution in [0.4, 0.5) is 4.39 Å². The van der Waals surface area contributed by atoms with Gasteiger partial charge in [0.25, 0.3) is 0 Å². The fraction of sp³-hybridized carbons (Fsp3) is 0.143. The van der Waals surface area contributed by atoms with E-state index in [4.69, 9.17) is 10.7 Å². The van der Waals surface area contributed by atoms with E-state index in [-0.39, 0.29) is 5.56 Å². The summed E-state index contributed by atoms with van der Waals surface area (Å²) in [6.45, 7) is 0. The molecular weight excluding hydrogens is 307 g/mol. The number of halogens is 1. The summed E-state index contributed by atoms with van der Waals surface area (Å²) in [5.74, 6) is -1.29. The van der Waals surface area contributed by atoms with Crippen molar-refractivity contribution in [3.63, 3.8) is 0 Å². The number of rotatable bonds is 5. The predicted octanol–water partition coefficient (Wildman–Crippen LogP) is 3.01. The number of nitrogens with two attached hydrogens (primary N) is 1. The lowest BCUT2D eigenvalue weighted by Crippen LogP contribution is -2.15. The first-order valence-electron chi connectivity index (χ1n) is 6.28. The Morgan fingerprint density at radius 3 is 2.41 bits per heavy atom. The van der Waals surface area contributed by atoms with E-state index in [0.717, 1.165) is 6.07 Å². The minimum Gasteiger partial charge on any atom is -0.228 e. The summed E-state index contributed by atoms with van der Waals surface area (Å²) in [6, 6.07) is 12.2. The largest absolute Gasteiger partial charge is 0.228 e. The van der Waals surface area contributed by atoms with Crippen LogP contribution in [0.3, 0.4) is 0 Å². The summed E-state index contributed by atoms with van der Waals surface area (Å²) in [5.41, 5.74) is 9.81. The Hall–Kier alpha value is -2.41. The maximum absolute atomic E-state index is 14.0. The Kier molecular flexibility index (Phi) is 4.77. The molecule has 0 radical (unpaired) electrons. The molecule has 0 heterocycles. The van der Waals surface area contributed by atoms with Crippen molar-refractivity contribution in [3.05, 3.63) is 81.5 Å². The Morgan fingerprint density at radius 1 is 1.18 bits per heavy atom. The molecule has 1 unspecified atom stereocenters. The van der Waals surface area contributed by atoms with E-state index in [2.05, 4.69) is 10.0 Å². The highest BCUT2D eigenvalue weighted by molar-refractivity contribution is 7.88. The van der Waals surface area contributed by atoms with Crippen molar-refractivity contribution in [3.8, 4) is 0 Å². The summed E-state index contributed by atoms with van der Waals surface area (Å²) >= 11 is 0. The van der Waals surface area contributed by atoms with E-state index in [1.165, 1.54) is 12.1 Å². The van der Waals surface area contributed by atoms with Gasteiger partial charge in [-0.05, 0) is 22.7 Å². The van der Waals surface area contributed by atoms with Gasteiger partial charge in [0, 0.05) is 10.5 Å². The molecule has 1 atom stereocenters. The number of hydrogen-bond acceptors (Lipinski definition) is 3. The van der Waals surface area contributed by atoms with Crippen LogP contribution in [-0.2, 0) is 15.8 Å². The van der Waals surface area contributed by atoms with Crippen molar-refractivity contribution in [2.45, 2.75) is 11.8 Å². The molecule has 0 bridgehead atoms. The van der Waals surface area contributed by atoms with Crippen molar-refractivity contribution in [2.75, 3.05) is 0 Å². The number of hydrogen-bond donors (Lipinski definition) is 1. The Bertz CT molecular complexity index is 818. The van der Waals surface area contributed by atoms with Crippen molar-refractivity contribution in [1.82, 2.24) is 0 Å². The quantitative estimate of drug-likeness (QED) is 0.519. The molecule has 2 N–H and O–H groups in total. The number of benzene rings is 2. The molecule has 0 spiro atoms. The van der Waals surface area contributed by atoms with E-state index in [0.29, 0.717) is 11.1 Å². The molecule has 0 fully saturated rings. The first-order valence-corrected chi connectivity index (χ1v) is 8.00. The average Bonchev–Trinajstić information content (AvgIpc) is 2.47. The zero-order chi connectivity index (χ0) is 16.2. The van der Waals surface area contributed by atoms with Gasteiger partial charge in [-0.1, -0.05) is 47.6 Å². The summed E-state index contributed by atoms with van der Waals surface area (Å²) in [6.07, 6.45) is 0. The van der Waals surface area contributed by atoms with Crippen LogP contribution in [0.5, 0.6) is 0 Å². The molecule has 22 heavy (non-hydrogen) atoms. The fourth-order valence-corrected chi connectivity index (χ4v) is 2.75. The summed E-state index contributed by atoms with van der Waals surface area (Å²) in [5, 5.41) is 8.59. The van der Waals surface area contributed by atoms with E-state index in [1.54, 1.807) is 24.3 Å². The monoisotopic (exact) mass is 320 g/mol. The second-order valence-electron chi connectivity index (χ2n) is 4.68. The lowest BCUT2D eigenvalue weighted by Gasteiger charge is -2.13. The third kappa shape index (κ3) is 4.05. The van der Waals surface area contributed by atoms with E-state index >= 15 is 0 Å². The summed E-state index contributed by atoms with van der Waals surface area (Å²) in [7, 11) is -3.82. The number of nitrogens with zero attached hydrogens (tertiary/aromatic N) is 3. The zero-order valence-electron chi connectivity index (χ0n) is 11.4. The van der Waals surface area contributed by atoms with Crippen LogP contribution >= 0.6 is 0 Å². The normalized spacial score (nSPS) is 12.5. The third-order valence-corrected chi connectivity index (χ3v) is 3.75. The predicted molar refractivity (Wildman–Crippen MR) is 80.6 cm³/mol. The molecule has 0 saturated carbocycles. The maximum atomic E-state index is 14.0. The standard InChI is InChI=1S/C14H13FN4O2S/c15-13-8-11(6-7-12(13)9-22(17,20)21)14(18-19-16)10-4-2-1-3-5-10/h1-8,14H,9H2,(H2,17,20,21). The first-order chi connectivity index (χ1) is 10.4. The molecular formula is C14H13FN4O2S. The highest BCUT2D eigenvalue weighted by atomic mass is 32.2. The Balaban J connectivity index is 2.42. The van der Waals surface area contributed by atoms with Crippen LogP contribution in [0.1, 0.15) is 22.7 Å². The average molecular weight is 320 g/mol. The van der Waals surface area contributed by atoms with Crippen LogP contribution < -0.4 is 5.14 Å². The van der Waals surface area contributed by atoms with E-state index in [1.807, 2.05) is 6.07 Å². The maximum Gasteiger partial charge on any atom is 0.213 e. The molecule has 2 aromatic carbocycles. The molecule has 0 saturated heterocycles. The summed E-state index contributed by atoms with van der Waals surface area (Å²) < 4.78 is 36.1. The summed E-state index contributed by atoms with van der Waals surface area (Å²) in [4.78, 5) is 2.79. The second kappa shape index (κ2) is 6.57. The fourth-order valence-electron chi connectivity index (χ4n) is 2.08. The topological polar surface area (TPSA) is 109 Å². The molecule has 2 rings (SSSR count). The molecule has 0 amide bonds. The lowest BCUT2D eigenvalue weighted by atomic mass is 9.98. The lowest BCUT2D eigenvalue weighted by molar-refractivity contribution is 0.587. The van der Waals surface area contributed by atoms with Crippen molar-refractivity contribution < 1.29 is 12.8 Å². The smallest absolute Gasteiger partial charge is 0.213 e. The van der Waals surface area contributed by atoms with Crippen molar-refractivity contribution in [1.29, 1.82) is 0 Å². The van der Waals surface area contributed by atoms with Gasteiger partial charge in [0.2, 0.25) is 10.0 Å². The van der Waals surface area contributed by atoms with Gasteiger partial charge in [0.15, 0.2) is 0 Å². The number of sulfonamides is 1. The molecule has 2 aromatic rings. The van der Waals surface area contributed by atoms with Gasteiger partial charge in [-0.2, -0.15) is 0 Å². The van der Waals surface area contributed by atoms with Crippen molar-refractivity contribution in [2.24, 2.45) is 10.3 Å². The van der Waals surface area contributed by atoms with Gasteiger partial charge in [-0.25, -0.2) is 17.9 Å². The van der Waals surface area contributed by atoms with Crippen LogP contribution in [0.2, 0.25) is 0 Å². The molecule has 6 nitrogen and oxygen atoms in total. The van der Waals surface area contributed by atoms with Crippen LogP contribution in [0.15, 0.2) is 53.6 Å². The SMILES string of the molecule is [N-]=[N+]=NC(c1ccccc1)c1ccc(CS(N)(=O)=O)c(F)c1. The van der Waals surface area contributed by atoms with E-state index in [9.17, 15) is 12.8 Å². The van der Waals surface area contributed by atoms with Gasteiger partial charge in [-0.15, -0.1) is 0 Å². The van der Waals surface area contributed by atoms with Gasteiger partial charge in [-0.3, -0.25) is 0 Å². The Morgan fingerprint density at radius 2 is 1.86 bits per heavy atom. The first kappa shape index (κ1) is 16.0. The molecule has 8 heteroatoms. The number of azide groups is 1. The van der Waals surface area contributed by atoms with Gasteiger partial charge in [0.05, 0.1) is 11.8 Å². The van der Waals surface area contributed by atoms with E-state index < -0.39 is 27.6 Å². The van der Waals surface area contributed by atoms with Crippen LogP contribution in [-0.4, -0.2) is 8.42 Å². The second-order valence-corrected chi connectivity index (χ2v) is 6.29. The van der Waals surface area contributed by atoms with Crippen molar-refractivity contribution >= 4 is 10.0 Å². The third-order valence-electron chi connectivity index (χ3n) is 3.03. The highest BCUT2D eigenvalue weighted by Crippen LogP contribution is 2.27. The minimum absolute atomic E-state index is 0.0287. The molecule has 0 aliphatic carbocycles. The van der Waals surface area contributed by atoms with Crippen LogP contribution in [0, 0.1) is 5.82 Å². The molecule has 0 aliphatic heterocycles. The highest BCUT2D eigenvalue weighted by Gasteiger charge is 2.16. The van der Waals surface area contributed by atoms with Gasteiger partial charge < -0.3 is 0 Å². The van der Waals surface area contributed by atoms with Crippen LogP contribution in [0.25, 0.3) is 10.4 Å². The molecule has 0 aliphatic rings. The molecule has 114 valence electrons. The molecule has 0 aromatic heterocycles. The Labute approximate surface area is 127 Å². The zero-order valence-corrected chi connectivity index (χ0v) is 12.2. The van der Waals surface area contributed by atoms with Gasteiger partial charge in [0.1, 0.15) is 5.82 Å². The minimum atomic E-state index is -3.82. The number of primary sulfonamides is 1. The van der Waals surface area contributed by atoms with Gasteiger partial charge >= 0.3 is 0 Å².